The van der Waals surface area contributed by atoms with Crippen LogP contribution >= 0.6 is 0 Å². The average Bonchev–Trinajstić information content (AvgIpc) is 3.25. The molecular weight excluding hydrogens is 388 g/mol. The molecule has 0 bridgehead atoms. The topological polar surface area (TPSA) is 101 Å². The van der Waals surface area contributed by atoms with Crippen LogP contribution in [-0.4, -0.2) is 55.1 Å². The predicted octanol–water partition coefficient (Wildman–Crippen LogP) is 2.33. The molecule has 1 saturated heterocycles. The molecule has 1 fully saturated rings. The molecule has 2 aliphatic rings. The van der Waals surface area contributed by atoms with Crippen molar-refractivity contribution in [1.29, 1.82) is 5.26 Å². The van der Waals surface area contributed by atoms with Crippen LogP contribution in [0.1, 0.15) is 5.56 Å². The highest BCUT2D eigenvalue weighted by molar-refractivity contribution is 6.01. The molecule has 0 saturated carbocycles. The van der Waals surface area contributed by atoms with E-state index in [2.05, 4.69) is 0 Å². The van der Waals surface area contributed by atoms with Gasteiger partial charge >= 0.3 is 0 Å². The summed E-state index contributed by atoms with van der Waals surface area (Å²) in [5.74, 6) is 1.69. The van der Waals surface area contributed by atoms with E-state index in [0.717, 1.165) is 0 Å². The molecule has 30 heavy (non-hydrogen) atoms. The fourth-order valence-corrected chi connectivity index (χ4v) is 3.21. The Morgan fingerprint density at radius 1 is 1.23 bits per heavy atom. The number of morpholine rings is 1. The summed E-state index contributed by atoms with van der Waals surface area (Å²) in [5, 5.41) is 18.8. The highest BCUT2D eigenvalue weighted by Gasteiger charge is 2.27. The normalized spacial score (nSPS) is 18.0. The van der Waals surface area contributed by atoms with Gasteiger partial charge in [-0.1, -0.05) is 12.1 Å². The minimum atomic E-state index is -0.359. The van der Waals surface area contributed by atoms with Gasteiger partial charge in [0.25, 0.3) is 5.91 Å². The number of phenols is 1. The van der Waals surface area contributed by atoms with Gasteiger partial charge in [0.15, 0.2) is 11.5 Å². The maximum atomic E-state index is 12.8. The number of nitriles is 1. The number of ether oxygens (including phenoxy) is 4. The minimum absolute atomic E-state index is 0.0260. The molecule has 0 aromatic heterocycles. The predicted molar refractivity (Wildman–Crippen MR) is 106 cm³/mol. The smallest absolute Gasteiger partial charge is 0.264 e. The third-order valence-electron chi connectivity index (χ3n) is 4.76. The molecule has 0 aliphatic carbocycles. The van der Waals surface area contributed by atoms with Crippen molar-refractivity contribution in [2.75, 3.05) is 33.1 Å². The third kappa shape index (κ3) is 4.47. The molecule has 1 atom stereocenters. The van der Waals surface area contributed by atoms with Crippen molar-refractivity contribution >= 4 is 12.0 Å². The van der Waals surface area contributed by atoms with Crippen molar-refractivity contribution < 1.29 is 28.8 Å². The second-order valence-electron chi connectivity index (χ2n) is 6.83. The first kappa shape index (κ1) is 19.6. The van der Waals surface area contributed by atoms with E-state index < -0.39 is 0 Å². The Balaban J connectivity index is 1.37. The van der Waals surface area contributed by atoms with Crippen molar-refractivity contribution in [2.45, 2.75) is 6.10 Å². The average molecular weight is 408 g/mol. The van der Waals surface area contributed by atoms with Crippen LogP contribution in [0.2, 0.25) is 0 Å². The van der Waals surface area contributed by atoms with Crippen molar-refractivity contribution in [3.05, 3.63) is 53.6 Å². The lowest BCUT2D eigenvalue weighted by molar-refractivity contribution is -0.135. The van der Waals surface area contributed by atoms with Crippen molar-refractivity contribution in [2.24, 2.45) is 0 Å². The van der Waals surface area contributed by atoms with Crippen LogP contribution in [0, 0.1) is 11.3 Å². The number of aromatic hydroxyl groups is 1. The summed E-state index contributed by atoms with van der Waals surface area (Å²) in [6, 6.07) is 13.6. The van der Waals surface area contributed by atoms with Crippen molar-refractivity contribution in [3.8, 4) is 29.1 Å². The maximum absolute atomic E-state index is 12.8. The van der Waals surface area contributed by atoms with E-state index in [1.807, 2.05) is 6.07 Å². The van der Waals surface area contributed by atoms with E-state index in [1.165, 1.54) is 18.2 Å². The highest BCUT2D eigenvalue weighted by Crippen LogP contribution is 2.35. The number of hydrogen-bond acceptors (Lipinski definition) is 7. The highest BCUT2D eigenvalue weighted by atomic mass is 16.7. The summed E-state index contributed by atoms with van der Waals surface area (Å²) in [7, 11) is 0. The van der Waals surface area contributed by atoms with Gasteiger partial charge in [-0.25, -0.2) is 0 Å². The number of carbonyl (C=O) groups excluding carboxylic acids is 1. The van der Waals surface area contributed by atoms with Crippen molar-refractivity contribution in [3.63, 3.8) is 0 Å². The number of fused-ring (bicyclic) bond motifs is 1. The summed E-state index contributed by atoms with van der Waals surface area (Å²) in [4.78, 5) is 14.4. The van der Waals surface area contributed by atoms with E-state index >= 15 is 0 Å². The van der Waals surface area contributed by atoms with Crippen LogP contribution in [0.15, 0.2) is 48.0 Å². The lowest BCUT2D eigenvalue weighted by atomic mass is 10.1. The van der Waals surface area contributed by atoms with Crippen LogP contribution in [0.25, 0.3) is 6.08 Å². The quantitative estimate of drug-likeness (QED) is 0.598. The molecule has 0 spiro atoms. The number of rotatable bonds is 5. The Hall–Kier alpha value is -3.70. The molecular formula is C22H20N2O6. The van der Waals surface area contributed by atoms with Gasteiger partial charge < -0.3 is 29.0 Å². The third-order valence-corrected chi connectivity index (χ3v) is 4.76. The second-order valence-corrected chi connectivity index (χ2v) is 6.83. The Kier molecular flexibility index (Phi) is 5.72. The van der Waals surface area contributed by atoms with E-state index in [1.54, 1.807) is 35.2 Å². The fraction of sp³-hybridized carbons (Fsp3) is 0.273. The van der Waals surface area contributed by atoms with Gasteiger partial charge in [-0.2, -0.15) is 5.26 Å². The van der Waals surface area contributed by atoms with Gasteiger partial charge in [0, 0.05) is 12.6 Å². The monoisotopic (exact) mass is 408 g/mol. The number of carbonyl (C=O) groups is 1. The Bertz CT molecular complexity index is 996. The van der Waals surface area contributed by atoms with Gasteiger partial charge in [0.1, 0.15) is 35.9 Å². The fourth-order valence-electron chi connectivity index (χ4n) is 3.21. The molecule has 2 aliphatic heterocycles. The first-order chi connectivity index (χ1) is 14.6. The first-order valence-electron chi connectivity index (χ1n) is 9.46. The van der Waals surface area contributed by atoms with Crippen LogP contribution < -0.4 is 14.2 Å². The molecule has 1 amide bonds. The molecule has 8 nitrogen and oxygen atoms in total. The summed E-state index contributed by atoms with van der Waals surface area (Å²) in [6.07, 6.45) is 1.19. The summed E-state index contributed by atoms with van der Waals surface area (Å²) in [6.45, 7) is 1.53. The van der Waals surface area contributed by atoms with Gasteiger partial charge in [-0.05, 0) is 35.9 Å². The molecule has 154 valence electrons. The molecule has 0 radical (unpaired) electrons. The van der Waals surface area contributed by atoms with Crippen LogP contribution in [-0.2, 0) is 9.53 Å². The zero-order valence-corrected chi connectivity index (χ0v) is 16.1. The zero-order valence-electron chi connectivity index (χ0n) is 16.1. The molecule has 1 N–H and O–H groups in total. The molecule has 1 unspecified atom stereocenters. The number of amides is 1. The molecule has 2 heterocycles. The largest absolute Gasteiger partial charge is 0.508 e. The Morgan fingerprint density at radius 3 is 2.83 bits per heavy atom. The van der Waals surface area contributed by atoms with Gasteiger partial charge in [0.05, 0.1) is 13.2 Å². The van der Waals surface area contributed by atoms with Crippen LogP contribution in [0.3, 0.4) is 0 Å². The standard InChI is InChI=1S/C22H20N2O6/c23-11-16(9-15-1-3-17(25)4-2-15)22(26)24-7-8-27-19(12-24)13-28-18-5-6-20-21(10-18)30-14-29-20/h1-6,9-10,19,25H,7-8,12-14H2. The number of benzene rings is 2. The molecule has 2 aromatic carbocycles. The summed E-state index contributed by atoms with van der Waals surface area (Å²) < 4.78 is 22.1. The number of nitrogens with zero attached hydrogens (tertiary/aromatic N) is 2. The first-order valence-corrected chi connectivity index (χ1v) is 9.46. The molecule has 2 aromatic rings. The van der Waals surface area contributed by atoms with E-state index in [0.29, 0.717) is 42.5 Å². The lowest BCUT2D eigenvalue weighted by Crippen LogP contribution is -2.48. The van der Waals surface area contributed by atoms with Crippen LogP contribution in [0.5, 0.6) is 23.0 Å². The lowest BCUT2D eigenvalue weighted by Gasteiger charge is -2.32. The van der Waals surface area contributed by atoms with Gasteiger partial charge in [-0.15, -0.1) is 0 Å². The summed E-state index contributed by atoms with van der Waals surface area (Å²) >= 11 is 0. The minimum Gasteiger partial charge on any atom is -0.508 e. The second kappa shape index (κ2) is 8.76. The van der Waals surface area contributed by atoms with Gasteiger partial charge in [0.2, 0.25) is 6.79 Å². The van der Waals surface area contributed by atoms with E-state index in [9.17, 15) is 15.2 Å². The summed E-state index contributed by atoms with van der Waals surface area (Å²) in [5.41, 5.74) is 0.687. The van der Waals surface area contributed by atoms with E-state index in [4.69, 9.17) is 18.9 Å². The Labute approximate surface area is 173 Å². The Morgan fingerprint density at radius 2 is 2.03 bits per heavy atom. The molecule has 8 heteroatoms. The van der Waals surface area contributed by atoms with Gasteiger partial charge in [-0.3, -0.25) is 4.79 Å². The number of hydrogen-bond donors (Lipinski definition) is 1. The van der Waals surface area contributed by atoms with E-state index in [-0.39, 0.29) is 36.7 Å². The molecule has 4 rings (SSSR count). The number of phenolic OH excluding ortho intramolecular Hbond substituents is 1. The van der Waals surface area contributed by atoms with Crippen LogP contribution in [0.4, 0.5) is 0 Å². The zero-order chi connectivity index (χ0) is 20.9. The maximum Gasteiger partial charge on any atom is 0.264 e. The van der Waals surface area contributed by atoms with Crippen molar-refractivity contribution in [1.82, 2.24) is 4.90 Å². The SMILES string of the molecule is N#CC(=Cc1ccc(O)cc1)C(=O)N1CCOC(COc2ccc3c(c2)OCO3)C1.